The Labute approximate surface area is 186 Å². The van der Waals surface area contributed by atoms with Gasteiger partial charge in [0.05, 0.1) is 6.54 Å². The van der Waals surface area contributed by atoms with Crippen molar-refractivity contribution in [1.29, 1.82) is 0 Å². The molecule has 2 aliphatic heterocycles. The first kappa shape index (κ1) is 25.7. The van der Waals surface area contributed by atoms with Gasteiger partial charge < -0.3 is 15.5 Å². The van der Waals surface area contributed by atoms with E-state index in [4.69, 9.17) is 0 Å². The summed E-state index contributed by atoms with van der Waals surface area (Å²) >= 11 is 0. The second kappa shape index (κ2) is 13.1. The number of carbonyl (C=O) groups excluding carboxylic acids is 2. The van der Waals surface area contributed by atoms with Gasteiger partial charge in [0.2, 0.25) is 11.8 Å². The molecule has 1 aromatic carbocycles. The minimum atomic E-state index is 0. The molecule has 1 aromatic rings. The number of carbonyl (C=O) groups is 2. The second-order valence-corrected chi connectivity index (χ2v) is 7.61. The first-order valence-electron chi connectivity index (χ1n) is 10.2. The van der Waals surface area contributed by atoms with Gasteiger partial charge in [-0.25, -0.2) is 0 Å². The van der Waals surface area contributed by atoms with Crippen LogP contribution >= 0.6 is 24.8 Å². The van der Waals surface area contributed by atoms with Gasteiger partial charge in [-0.3, -0.25) is 14.5 Å². The lowest BCUT2D eigenvalue weighted by atomic mass is 10.0. The zero-order valence-corrected chi connectivity index (χ0v) is 18.8. The molecule has 1 unspecified atom stereocenters. The number of aryl methyl sites for hydroxylation is 1. The van der Waals surface area contributed by atoms with Crippen molar-refractivity contribution in [2.75, 3.05) is 51.1 Å². The molecule has 2 aliphatic rings. The number of para-hydroxylation sites is 1. The molecular formula is C21H34Cl2N4O2. The van der Waals surface area contributed by atoms with Crippen LogP contribution in [0.2, 0.25) is 0 Å². The number of amides is 2. The van der Waals surface area contributed by atoms with Crippen LogP contribution in [0.1, 0.15) is 31.7 Å². The smallest absolute Gasteiger partial charge is 0.238 e. The van der Waals surface area contributed by atoms with Gasteiger partial charge in [-0.2, -0.15) is 0 Å². The van der Waals surface area contributed by atoms with E-state index in [1.165, 1.54) is 6.42 Å². The molecule has 0 saturated carbocycles. The Morgan fingerprint density at radius 3 is 2.52 bits per heavy atom. The third kappa shape index (κ3) is 7.78. The van der Waals surface area contributed by atoms with Crippen molar-refractivity contribution in [3.8, 4) is 0 Å². The monoisotopic (exact) mass is 444 g/mol. The van der Waals surface area contributed by atoms with Crippen molar-refractivity contribution in [3.05, 3.63) is 29.8 Å². The predicted molar refractivity (Wildman–Crippen MR) is 122 cm³/mol. The number of piperazine rings is 1. The highest BCUT2D eigenvalue weighted by Gasteiger charge is 2.23. The van der Waals surface area contributed by atoms with Crippen LogP contribution in [-0.2, 0) is 16.0 Å². The standard InChI is InChI=1S/C21H32N4O2.2ClH/c1-2-18-5-3-4-6-19(18)23-20(26)16-24-11-13-25(14-12-24)21(27)8-7-17-9-10-22-15-17;;/h3-6,17,22H,2,7-16H2,1H3,(H,23,26);2*1H. The van der Waals surface area contributed by atoms with E-state index in [-0.39, 0.29) is 36.6 Å². The van der Waals surface area contributed by atoms with Crippen LogP contribution in [0.3, 0.4) is 0 Å². The number of nitrogens with zero attached hydrogens (tertiary/aromatic N) is 2. The van der Waals surface area contributed by atoms with Crippen molar-refractivity contribution < 1.29 is 9.59 Å². The van der Waals surface area contributed by atoms with Gasteiger partial charge >= 0.3 is 0 Å². The summed E-state index contributed by atoms with van der Waals surface area (Å²) in [5, 5.41) is 6.38. The lowest BCUT2D eigenvalue weighted by Crippen LogP contribution is -2.50. The van der Waals surface area contributed by atoms with Crippen LogP contribution in [0.5, 0.6) is 0 Å². The molecule has 0 radical (unpaired) electrons. The molecule has 0 bridgehead atoms. The maximum absolute atomic E-state index is 12.4. The summed E-state index contributed by atoms with van der Waals surface area (Å²) in [6.07, 6.45) is 3.73. The zero-order valence-electron chi connectivity index (χ0n) is 17.2. The lowest BCUT2D eigenvalue weighted by molar-refractivity contribution is -0.133. The van der Waals surface area contributed by atoms with Crippen LogP contribution in [0.4, 0.5) is 5.69 Å². The summed E-state index contributed by atoms with van der Waals surface area (Å²) in [6, 6.07) is 7.93. The van der Waals surface area contributed by atoms with E-state index in [2.05, 4.69) is 22.5 Å². The molecule has 2 amide bonds. The van der Waals surface area contributed by atoms with Gasteiger partial charge in [-0.05, 0) is 49.9 Å². The summed E-state index contributed by atoms with van der Waals surface area (Å²) < 4.78 is 0. The van der Waals surface area contributed by atoms with Crippen molar-refractivity contribution in [3.63, 3.8) is 0 Å². The highest BCUT2D eigenvalue weighted by Crippen LogP contribution is 2.17. The molecule has 0 aliphatic carbocycles. The van der Waals surface area contributed by atoms with Crippen molar-refractivity contribution in [1.82, 2.24) is 15.1 Å². The first-order chi connectivity index (χ1) is 13.2. The summed E-state index contributed by atoms with van der Waals surface area (Å²) in [6.45, 7) is 7.58. The van der Waals surface area contributed by atoms with Crippen molar-refractivity contribution in [2.45, 2.75) is 32.6 Å². The fourth-order valence-corrected chi connectivity index (χ4v) is 3.95. The number of rotatable bonds is 7. The number of halogens is 2. The van der Waals surface area contributed by atoms with E-state index in [0.29, 0.717) is 18.9 Å². The topological polar surface area (TPSA) is 64.7 Å². The molecule has 164 valence electrons. The Morgan fingerprint density at radius 1 is 1.14 bits per heavy atom. The Balaban J connectivity index is 0.00000210. The zero-order chi connectivity index (χ0) is 19.1. The Kier molecular flexibility index (Phi) is 11.6. The molecule has 0 spiro atoms. The van der Waals surface area contributed by atoms with Gasteiger partial charge in [-0.15, -0.1) is 24.8 Å². The van der Waals surface area contributed by atoms with Crippen LogP contribution in [-0.4, -0.2) is 67.4 Å². The number of nitrogens with one attached hydrogen (secondary N) is 2. The SMILES string of the molecule is CCc1ccccc1NC(=O)CN1CCN(C(=O)CCC2CCNC2)CC1.Cl.Cl. The quantitative estimate of drug-likeness (QED) is 0.677. The lowest BCUT2D eigenvalue weighted by Gasteiger charge is -2.34. The fraction of sp³-hybridized carbons (Fsp3) is 0.619. The largest absolute Gasteiger partial charge is 0.340 e. The van der Waals surface area contributed by atoms with Gasteiger partial charge in [0.15, 0.2) is 0 Å². The Bertz CT molecular complexity index is 645. The maximum Gasteiger partial charge on any atom is 0.238 e. The van der Waals surface area contributed by atoms with E-state index in [0.717, 1.165) is 63.4 Å². The normalized spacial score (nSPS) is 19.2. The molecule has 2 heterocycles. The summed E-state index contributed by atoms with van der Waals surface area (Å²) in [4.78, 5) is 28.9. The summed E-state index contributed by atoms with van der Waals surface area (Å²) in [5.74, 6) is 0.942. The number of hydrogen-bond acceptors (Lipinski definition) is 4. The Morgan fingerprint density at radius 2 is 1.86 bits per heavy atom. The van der Waals surface area contributed by atoms with Crippen molar-refractivity contribution in [2.24, 2.45) is 5.92 Å². The second-order valence-electron chi connectivity index (χ2n) is 7.61. The average Bonchev–Trinajstić information content (AvgIpc) is 3.20. The highest BCUT2D eigenvalue weighted by atomic mass is 35.5. The molecular weight excluding hydrogens is 411 g/mol. The number of anilines is 1. The van der Waals surface area contributed by atoms with E-state index in [1.54, 1.807) is 0 Å². The van der Waals surface area contributed by atoms with Crippen LogP contribution < -0.4 is 10.6 Å². The van der Waals surface area contributed by atoms with Gasteiger partial charge in [-0.1, -0.05) is 25.1 Å². The summed E-state index contributed by atoms with van der Waals surface area (Å²) in [7, 11) is 0. The predicted octanol–water partition coefficient (Wildman–Crippen LogP) is 2.57. The molecule has 2 N–H and O–H groups in total. The molecule has 2 fully saturated rings. The molecule has 1 atom stereocenters. The van der Waals surface area contributed by atoms with Crippen molar-refractivity contribution >= 4 is 42.3 Å². The molecule has 8 heteroatoms. The maximum atomic E-state index is 12.4. The third-order valence-electron chi connectivity index (χ3n) is 5.69. The van der Waals surface area contributed by atoms with E-state index in [9.17, 15) is 9.59 Å². The fourth-order valence-electron chi connectivity index (χ4n) is 3.95. The van der Waals surface area contributed by atoms with Gasteiger partial charge in [0, 0.05) is 38.3 Å². The van der Waals surface area contributed by atoms with E-state index < -0.39 is 0 Å². The minimum Gasteiger partial charge on any atom is -0.340 e. The molecule has 29 heavy (non-hydrogen) atoms. The van der Waals surface area contributed by atoms with Gasteiger partial charge in [0.25, 0.3) is 0 Å². The van der Waals surface area contributed by atoms with Gasteiger partial charge in [0.1, 0.15) is 0 Å². The number of hydrogen-bond donors (Lipinski definition) is 2. The molecule has 0 aromatic heterocycles. The number of benzene rings is 1. The highest BCUT2D eigenvalue weighted by molar-refractivity contribution is 5.93. The van der Waals surface area contributed by atoms with E-state index in [1.807, 2.05) is 29.2 Å². The Hall–Kier alpha value is -1.34. The van der Waals surface area contributed by atoms with Crippen LogP contribution in [0, 0.1) is 5.92 Å². The van der Waals surface area contributed by atoms with E-state index >= 15 is 0 Å². The van der Waals surface area contributed by atoms with Crippen LogP contribution in [0.15, 0.2) is 24.3 Å². The average molecular weight is 445 g/mol. The third-order valence-corrected chi connectivity index (χ3v) is 5.69. The summed E-state index contributed by atoms with van der Waals surface area (Å²) in [5.41, 5.74) is 2.05. The molecule has 6 nitrogen and oxygen atoms in total. The first-order valence-corrected chi connectivity index (χ1v) is 10.2. The molecule has 2 saturated heterocycles. The minimum absolute atomic E-state index is 0. The van der Waals surface area contributed by atoms with Crippen LogP contribution in [0.25, 0.3) is 0 Å². The molecule has 3 rings (SSSR count).